The number of nitrogens with one attached hydrogen (secondary N) is 2. The summed E-state index contributed by atoms with van der Waals surface area (Å²) in [7, 11) is 1.83. The Balaban J connectivity index is 1.20. The van der Waals surface area contributed by atoms with Crippen molar-refractivity contribution in [2.75, 3.05) is 13.7 Å². The van der Waals surface area contributed by atoms with Gasteiger partial charge in [-0.15, -0.1) is 0 Å². The highest BCUT2D eigenvalue weighted by Crippen LogP contribution is 2.32. The van der Waals surface area contributed by atoms with Crippen molar-refractivity contribution in [3.63, 3.8) is 0 Å². The molecule has 2 fully saturated rings. The van der Waals surface area contributed by atoms with Crippen LogP contribution in [0.3, 0.4) is 0 Å². The van der Waals surface area contributed by atoms with Crippen LogP contribution >= 0.6 is 0 Å². The maximum absolute atomic E-state index is 13.5. The number of fused-ring (bicyclic) bond motifs is 2. The number of carbonyl (C=O) groups is 2. The number of rotatable bonds is 5. The van der Waals surface area contributed by atoms with E-state index >= 15 is 0 Å². The number of amides is 2. The van der Waals surface area contributed by atoms with Crippen LogP contribution in [-0.2, 0) is 9.53 Å². The Kier molecular flexibility index (Phi) is 5.49. The average Bonchev–Trinajstić information content (AvgIpc) is 3.68. The van der Waals surface area contributed by atoms with Gasteiger partial charge in [0.05, 0.1) is 23.0 Å². The predicted octanol–water partition coefficient (Wildman–Crippen LogP) is 3.66. The summed E-state index contributed by atoms with van der Waals surface area (Å²) in [5, 5.41) is 3.11. The Morgan fingerprint density at radius 2 is 2.03 bits per heavy atom. The van der Waals surface area contributed by atoms with E-state index in [1.54, 1.807) is 17.3 Å². The molecule has 2 N–H and O–H groups in total. The topological polar surface area (TPSA) is 113 Å². The van der Waals surface area contributed by atoms with E-state index in [1.165, 1.54) is 0 Å². The molecule has 6 rings (SSSR count). The molecule has 0 radical (unpaired) electrons. The molecule has 4 aromatic rings. The van der Waals surface area contributed by atoms with Crippen molar-refractivity contribution >= 4 is 33.9 Å². The van der Waals surface area contributed by atoms with Crippen LogP contribution < -0.4 is 5.32 Å². The first-order valence-corrected chi connectivity index (χ1v) is 12.1. The van der Waals surface area contributed by atoms with Gasteiger partial charge in [-0.2, -0.15) is 0 Å². The van der Waals surface area contributed by atoms with E-state index in [1.807, 2.05) is 37.4 Å². The minimum Gasteiger partial charge on any atom is -0.436 e. The largest absolute Gasteiger partial charge is 0.436 e. The molecule has 2 amide bonds. The molecule has 3 heterocycles. The summed E-state index contributed by atoms with van der Waals surface area (Å²) >= 11 is 0. The molecule has 1 aliphatic heterocycles. The van der Waals surface area contributed by atoms with E-state index in [9.17, 15) is 9.59 Å². The molecular weight excluding hydrogens is 446 g/mol. The fraction of sp³-hybridized carbons (Fsp3) is 0.385. The standard InChI is InChI=1S/C26H27N5O4/c1-31(16-9-8-15(13-16)29-24(32)21-7-4-12-34-21)26(33)18-11-10-17(22-23(18)28-14-27-22)25-30-19-5-2-3-6-20(19)35-25/h2-3,5-6,10-11,14-16,21H,4,7-9,12-13H2,1H3,(H,27,28)(H,29,32)/t15-,16+,21-/m0/s1. The normalized spacial score (nSPS) is 22.1. The van der Waals surface area contributed by atoms with Gasteiger partial charge in [0.15, 0.2) is 5.58 Å². The summed E-state index contributed by atoms with van der Waals surface area (Å²) in [6.45, 7) is 0.649. The lowest BCUT2D eigenvalue weighted by Gasteiger charge is -2.25. The number of oxazole rings is 1. The van der Waals surface area contributed by atoms with Crippen LogP contribution in [-0.4, -0.2) is 63.5 Å². The maximum atomic E-state index is 13.5. The van der Waals surface area contributed by atoms with Crippen molar-refractivity contribution in [2.24, 2.45) is 0 Å². The van der Waals surface area contributed by atoms with Gasteiger partial charge in [0.25, 0.3) is 5.91 Å². The third-order valence-corrected chi connectivity index (χ3v) is 7.18. The van der Waals surface area contributed by atoms with Crippen molar-refractivity contribution in [3.05, 3.63) is 48.3 Å². The SMILES string of the molecule is CN(C(=O)c1ccc(-c2nc3ccccc3o2)c2nc[nH]c12)[C@@H]1CC[C@H](NC(=O)[C@@H]2CCCO2)C1. The number of nitrogens with zero attached hydrogens (tertiary/aromatic N) is 3. The van der Waals surface area contributed by atoms with E-state index in [4.69, 9.17) is 9.15 Å². The molecule has 3 atom stereocenters. The number of benzene rings is 2. The lowest BCUT2D eigenvalue weighted by atomic mass is 10.1. The summed E-state index contributed by atoms with van der Waals surface area (Å²) in [6.07, 6.45) is 5.37. The second-order valence-electron chi connectivity index (χ2n) is 9.36. The number of ether oxygens (including phenoxy) is 1. The summed E-state index contributed by atoms with van der Waals surface area (Å²) in [4.78, 5) is 39.9. The molecule has 1 saturated heterocycles. The van der Waals surface area contributed by atoms with E-state index < -0.39 is 0 Å². The highest BCUT2D eigenvalue weighted by Gasteiger charge is 2.34. The van der Waals surface area contributed by atoms with E-state index in [-0.39, 0.29) is 30.0 Å². The van der Waals surface area contributed by atoms with Gasteiger partial charge in [0.1, 0.15) is 17.1 Å². The smallest absolute Gasteiger partial charge is 0.256 e. The minimum absolute atomic E-state index is 0.0314. The number of carbonyl (C=O) groups excluding carboxylic acids is 2. The van der Waals surface area contributed by atoms with Gasteiger partial charge in [-0.25, -0.2) is 9.97 Å². The molecule has 2 aromatic heterocycles. The lowest BCUT2D eigenvalue weighted by molar-refractivity contribution is -0.130. The number of para-hydroxylation sites is 2. The van der Waals surface area contributed by atoms with Gasteiger partial charge < -0.3 is 24.4 Å². The molecule has 0 bridgehead atoms. The van der Waals surface area contributed by atoms with Gasteiger partial charge in [-0.3, -0.25) is 9.59 Å². The Morgan fingerprint density at radius 1 is 1.14 bits per heavy atom. The molecule has 2 aromatic carbocycles. The van der Waals surface area contributed by atoms with Crippen LogP contribution in [0.2, 0.25) is 0 Å². The number of hydrogen-bond donors (Lipinski definition) is 2. The molecular formula is C26H27N5O4. The van der Waals surface area contributed by atoms with E-state index in [0.29, 0.717) is 34.7 Å². The molecule has 9 heteroatoms. The number of aromatic amines is 1. The zero-order valence-electron chi connectivity index (χ0n) is 19.5. The van der Waals surface area contributed by atoms with Crippen molar-refractivity contribution < 1.29 is 18.7 Å². The molecule has 180 valence electrons. The van der Waals surface area contributed by atoms with Crippen LogP contribution in [0.25, 0.3) is 33.6 Å². The fourth-order valence-electron chi connectivity index (χ4n) is 5.25. The molecule has 35 heavy (non-hydrogen) atoms. The van der Waals surface area contributed by atoms with Crippen LogP contribution in [0.1, 0.15) is 42.5 Å². The fourth-order valence-corrected chi connectivity index (χ4v) is 5.25. The molecule has 1 aliphatic carbocycles. The Bertz CT molecular complexity index is 1370. The molecule has 9 nitrogen and oxygen atoms in total. The first-order chi connectivity index (χ1) is 17.1. The molecule has 1 saturated carbocycles. The van der Waals surface area contributed by atoms with Gasteiger partial charge in [0, 0.05) is 25.7 Å². The Hall–Kier alpha value is -3.72. The number of aromatic nitrogens is 3. The van der Waals surface area contributed by atoms with Crippen molar-refractivity contribution in [3.8, 4) is 11.5 Å². The van der Waals surface area contributed by atoms with Crippen LogP contribution in [0.4, 0.5) is 0 Å². The second-order valence-corrected chi connectivity index (χ2v) is 9.36. The zero-order valence-corrected chi connectivity index (χ0v) is 19.5. The molecule has 0 unspecified atom stereocenters. The van der Waals surface area contributed by atoms with E-state index in [2.05, 4.69) is 20.3 Å². The Morgan fingerprint density at radius 3 is 2.86 bits per heavy atom. The summed E-state index contributed by atoms with van der Waals surface area (Å²) in [5.74, 6) is 0.354. The van der Waals surface area contributed by atoms with E-state index in [0.717, 1.165) is 43.2 Å². The predicted molar refractivity (Wildman–Crippen MR) is 130 cm³/mol. The quantitative estimate of drug-likeness (QED) is 0.457. The average molecular weight is 474 g/mol. The van der Waals surface area contributed by atoms with Crippen LogP contribution in [0, 0.1) is 0 Å². The van der Waals surface area contributed by atoms with Gasteiger partial charge in [-0.05, 0) is 56.4 Å². The van der Waals surface area contributed by atoms with Gasteiger partial charge in [0.2, 0.25) is 11.8 Å². The van der Waals surface area contributed by atoms with Gasteiger partial charge in [-0.1, -0.05) is 12.1 Å². The third kappa shape index (κ3) is 3.95. The second kappa shape index (κ2) is 8.81. The van der Waals surface area contributed by atoms with Crippen molar-refractivity contribution in [1.82, 2.24) is 25.2 Å². The maximum Gasteiger partial charge on any atom is 0.256 e. The Labute approximate surface area is 201 Å². The number of imidazole rings is 1. The molecule has 0 spiro atoms. The highest BCUT2D eigenvalue weighted by atomic mass is 16.5. The first-order valence-electron chi connectivity index (χ1n) is 12.1. The summed E-state index contributed by atoms with van der Waals surface area (Å²) in [6, 6.07) is 11.3. The zero-order chi connectivity index (χ0) is 23.9. The number of H-pyrrole nitrogens is 1. The van der Waals surface area contributed by atoms with Crippen molar-refractivity contribution in [1.29, 1.82) is 0 Å². The monoisotopic (exact) mass is 473 g/mol. The lowest BCUT2D eigenvalue weighted by Crippen LogP contribution is -2.42. The number of hydrogen-bond acceptors (Lipinski definition) is 6. The molecule has 2 aliphatic rings. The third-order valence-electron chi connectivity index (χ3n) is 7.18. The van der Waals surface area contributed by atoms with Crippen LogP contribution in [0.5, 0.6) is 0 Å². The highest BCUT2D eigenvalue weighted by molar-refractivity contribution is 6.08. The first kappa shape index (κ1) is 21.8. The summed E-state index contributed by atoms with van der Waals surface area (Å²) < 4.78 is 11.4. The van der Waals surface area contributed by atoms with Crippen molar-refractivity contribution in [2.45, 2.75) is 50.3 Å². The van der Waals surface area contributed by atoms with Crippen LogP contribution in [0.15, 0.2) is 47.1 Å². The summed E-state index contributed by atoms with van der Waals surface area (Å²) in [5.41, 5.74) is 4.05. The van der Waals surface area contributed by atoms with Gasteiger partial charge >= 0.3 is 0 Å². The minimum atomic E-state index is -0.332.